The molecule has 4 aromatic rings. The summed E-state index contributed by atoms with van der Waals surface area (Å²) < 4.78 is 5.17. The highest BCUT2D eigenvalue weighted by molar-refractivity contribution is 7.99. The first-order valence-electron chi connectivity index (χ1n) is 8.62. The number of aromatic amines is 1. The van der Waals surface area contributed by atoms with Gasteiger partial charge in [-0.25, -0.2) is 9.97 Å². The van der Waals surface area contributed by atoms with Crippen molar-refractivity contribution in [3.63, 3.8) is 0 Å². The second-order valence-corrected chi connectivity index (χ2v) is 7.85. The maximum absolute atomic E-state index is 12.2. The number of para-hydroxylation sites is 2. The number of nitrogens with zero attached hydrogens (tertiary/aromatic N) is 2. The Morgan fingerprint density at radius 1 is 1.18 bits per heavy atom. The van der Waals surface area contributed by atoms with E-state index in [-0.39, 0.29) is 5.91 Å². The lowest BCUT2D eigenvalue weighted by atomic mass is 10.2. The number of ether oxygens (including phenoxy) is 1. The number of rotatable bonds is 7. The number of imidazole rings is 1. The van der Waals surface area contributed by atoms with Crippen LogP contribution in [0.25, 0.3) is 22.3 Å². The summed E-state index contributed by atoms with van der Waals surface area (Å²) in [6, 6.07) is 15.6. The zero-order chi connectivity index (χ0) is 19.3. The van der Waals surface area contributed by atoms with E-state index >= 15 is 0 Å². The van der Waals surface area contributed by atoms with Gasteiger partial charge in [0.1, 0.15) is 11.6 Å². The fraction of sp³-hybridized carbons (Fsp3) is 0.150. The minimum atomic E-state index is -0.0725. The monoisotopic (exact) mass is 410 g/mol. The van der Waals surface area contributed by atoms with Crippen LogP contribution in [-0.4, -0.2) is 33.7 Å². The van der Waals surface area contributed by atoms with Gasteiger partial charge >= 0.3 is 0 Å². The Morgan fingerprint density at radius 3 is 2.79 bits per heavy atom. The van der Waals surface area contributed by atoms with Gasteiger partial charge in [-0.2, -0.15) is 0 Å². The largest absolute Gasteiger partial charge is 0.497 e. The lowest BCUT2D eigenvalue weighted by Crippen LogP contribution is -2.14. The van der Waals surface area contributed by atoms with E-state index in [4.69, 9.17) is 4.74 Å². The average molecular weight is 411 g/mol. The molecule has 2 N–H and O–H groups in total. The van der Waals surface area contributed by atoms with E-state index in [9.17, 15) is 4.79 Å². The molecule has 0 aliphatic carbocycles. The van der Waals surface area contributed by atoms with E-state index in [1.54, 1.807) is 7.11 Å². The van der Waals surface area contributed by atoms with Crippen LogP contribution in [0.15, 0.2) is 53.9 Å². The Labute approximate surface area is 170 Å². The molecule has 0 saturated heterocycles. The summed E-state index contributed by atoms with van der Waals surface area (Å²) in [5, 5.41) is 5.39. The number of benzene rings is 2. The van der Waals surface area contributed by atoms with Crippen LogP contribution in [0.4, 0.5) is 5.13 Å². The zero-order valence-corrected chi connectivity index (χ0v) is 16.8. The number of aromatic nitrogens is 3. The molecule has 28 heavy (non-hydrogen) atoms. The fourth-order valence-electron chi connectivity index (χ4n) is 2.70. The van der Waals surface area contributed by atoms with Crippen LogP contribution in [0.2, 0.25) is 0 Å². The quantitative estimate of drug-likeness (QED) is 0.467. The molecule has 142 valence electrons. The van der Waals surface area contributed by atoms with Crippen LogP contribution < -0.4 is 10.1 Å². The molecule has 0 radical (unpaired) electrons. The number of H-pyrrole nitrogens is 1. The van der Waals surface area contributed by atoms with Crippen LogP contribution >= 0.6 is 23.1 Å². The van der Waals surface area contributed by atoms with Crippen LogP contribution in [-0.2, 0) is 10.5 Å². The Kier molecular flexibility index (Phi) is 5.59. The highest BCUT2D eigenvalue weighted by Gasteiger charge is 2.09. The highest BCUT2D eigenvalue weighted by atomic mass is 32.2. The molecule has 2 aromatic carbocycles. The molecule has 2 aromatic heterocycles. The number of fused-ring (bicyclic) bond motifs is 1. The van der Waals surface area contributed by atoms with E-state index in [1.807, 2.05) is 53.9 Å². The van der Waals surface area contributed by atoms with Crippen molar-refractivity contribution in [2.45, 2.75) is 5.75 Å². The molecule has 0 aliphatic rings. The van der Waals surface area contributed by atoms with Crippen molar-refractivity contribution in [1.29, 1.82) is 0 Å². The molecular formula is C20H18N4O2S2. The number of nitrogens with one attached hydrogen (secondary N) is 2. The van der Waals surface area contributed by atoms with E-state index in [1.165, 1.54) is 23.1 Å². The maximum Gasteiger partial charge on any atom is 0.236 e. The third-order valence-corrected chi connectivity index (χ3v) is 5.75. The minimum Gasteiger partial charge on any atom is -0.497 e. The first kappa shape index (κ1) is 18.5. The Morgan fingerprint density at radius 2 is 2.00 bits per heavy atom. The number of hydrogen-bond acceptors (Lipinski definition) is 6. The number of carbonyl (C=O) groups is 1. The number of amides is 1. The lowest BCUT2D eigenvalue weighted by Gasteiger charge is -2.02. The highest BCUT2D eigenvalue weighted by Crippen LogP contribution is 2.26. The molecule has 0 atom stereocenters. The molecule has 2 heterocycles. The Hall–Kier alpha value is -2.84. The van der Waals surface area contributed by atoms with Crippen molar-refractivity contribution >= 4 is 45.2 Å². The second-order valence-electron chi connectivity index (χ2n) is 6.01. The SMILES string of the molecule is COc1ccc(-c2csc(NC(=O)CSCc3nc4ccccc4[nH]3)n2)cc1. The lowest BCUT2D eigenvalue weighted by molar-refractivity contribution is -0.113. The number of thioether (sulfide) groups is 1. The molecule has 0 unspecified atom stereocenters. The van der Waals surface area contributed by atoms with Crippen molar-refractivity contribution in [2.24, 2.45) is 0 Å². The average Bonchev–Trinajstić information content (AvgIpc) is 3.34. The van der Waals surface area contributed by atoms with Crippen molar-refractivity contribution in [1.82, 2.24) is 15.0 Å². The van der Waals surface area contributed by atoms with Gasteiger partial charge in [0.25, 0.3) is 0 Å². The Bertz CT molecular complexity index is 1060. The third kappa shape index (κ3) is 4.35. The van der Waals surface area contributed by atoms with Gasteiger partial charge in [-0.05, 0) is 36.4 Å². The Balaban J connectivity index is 1.29. The number of hydrogen-bond donors (Lipinski definition) is 2. The summed E-state index contributed by atoms with van der Waals surface area (Å²) in [5.41, 5.74) is 3.77. The first-order valence-corrected chi connectivity index (χ1v) is 10.7. The second kappa shape index (κ2) is 8.45. The van der Waals surface area contributed by atoms with Crippen molar-refractivity contribution < 1.29 is 9.53 Å². The van der Waals surface area contributed by atoms with Crippen molar-refractivity contribution in [3.8, 4) is 17.0 Å². The van der Waals surface area contributed by atoms with Gasteiger partial charge in [-0.1, -0.05) is 12.1 Å². The molecule has 8 heteroatoms. The van der Waals surface area contributed by atoms with Gasteiger partial charge < -0.3 is 15.0 Å². The van der Waals surface area contributed by atoms with Crippen molar-refractivity contribution in [3.05, 3.63) is 59.7 Å². The van der Waals surface area contributed by atoms with Gasteiger partial charge in [0.05, 0.1) is 35.3 Å². The summed E-state index contributed by atoms with van der Waals surface area (Å²) in [5.74, 6) is 2.59. The zero-order valence-electron chi connectivity index (χ0n) is 15.1. The van der Waals surface area contributed by atoms with E-state index < -0.39 is 0 Å². The van der Waals surface area contributed by atoms with Crippen LogP contribution in [0.5, 0.6) is 5.75 Å². The minimum absolute atomic E-state index is 0.0725. The van der Waals surface area contributed by atoms with Gasteiger partial charge in [0, 0.05) is 10.9 Å². The number of anilines is 1. The maximum atomic E-state index is 12.2. The topological polar surface area (TPSA) is 79.9 Å². The molecule has 0 bridgehead atoms. The summed E-state index contributed by atoms with van der Waals surface area (Å²) in [6.45, 7) is 0. The van der Waals surface area contributed by atoms with Crippen LogP contribution in [0.1, 0.15) is 5.82 Å². The van der Waals surface area contributed by atoms with Crippen LogP contribution in [0.3, 0.4) is 0 Å². The molecule has 1 amide bonds. The van der Waals surface area contributed by atoms with Gasteiger partial charge in [-0.15, -0.1) is 23.1 Å². The first-order chi connectivity index (χ1) is 13.7. The van der Waals surface area contributed by atoms with E-state index in [0.29, 0.717) is 16.6 Å². The summed E-state index contributed by atoms with van der Waals surface area (Å²) >= 11 is 2.93. The molecule has 0 spiro atoms. The molecule has 6 nitrogen and oxygen atoms in total. The summed E-state index contributed by atoms with van der Waals surface area (Å²) in [4.78, 5) is 24.5. The van der Waals surface area contributed by atoms with E-state index in [2.05, 4.69) is 20.3 Å². The number of carbonyl (C=O) groups excluding carboxylic acids is 1. The van der Waals surface area contributed by atoms with Gasteiger partial charge in [0.2, 0.25) is 5.91 Å². The standard InChI is InChI=1S/C20H18N4O2S2/c1-26-14-8-6-13(7-9-14)17-10-28-20(23-17)24-19(25)12-27-11-18-21-15-4-2-3-5-16(15)22-18/h2-10H,11-12H2,1H3,(H,21,22)(H,23,24,25). The number of methoxy groups -OCH3 is 1. The van der Waals surface area contributed by atoms with Gasteiger partial charge in [-0.3, -0.25) is 4.79 Å². The van der Waals surface area contributed by atoms with Gasteiger partial charge in [0.15, 0.2) is 5.13 Å². The molecule has 0 saturated carbocycles. The van der Waals surface area contributed by atoms with E-state index in [0.717, 1.165) is 33.9 Å². The van der Waals surface area contributed by atoms with Crippen molar-refractivity contribution in [2.75, 3.05) is 18.2 Å². The molecule has 0 aliphatic heterocycles. The summed E-state index contributed by atoms with van der Waals surface area (Å²) in [7, 11) is 1.64. The smallest absolute Gasteiger partial charge is 0.236 e. The summed E-state index contributed by atoms with van der Waals surface area (Å²) in [6.07, 6.45) is 0. The molecular weight excluding hydrogens is 392 g/mol. The predicted octanol–water partition coefficient (Wildman–Crippen LogP) is 4.57. The number of thiazole rings is 1. The molecule has 0 fully saturated rings. The van der Waals surface area contributed by atoms with Crippen LogP contribution in [0, 0.1) is 0 Å². The normalized spacial score (nSPS) is 10.9. The fourth-order valence-corrected chi connectivity index (χ4v) is 4.12. The third-order valence-electron chi connectivity index (χ3n) is 4.05. The molecule has 4 rings (SSSR count). The predicted molar refractivity (Wildman–Crippen MR) is 115 cm³/mol.